The lowest BCUT2D eigenvalue weighted by atomic mass is 9.92. The molecule has 1 amide bonds. The Hall–Kier alpha value is -0.530. The fourth-order valence-electron chi connectivity index (χ4n) is 1.77. The molecule has 0 bridgehead atoms. The highest BCUT2D eigenvalue weighted by Crippen LogP contribution is 2.35. The monoisotopic (exact) mass is 141 g/mol. The third-order valence-corrected chi connectivity index (χ3v) is 2.83. The summed E-state index contributed by atoms with van der Waals surface area (Å²) in [4.78, 5) is 10.8. The van der Waals surface area contributed by atoms with Crippen molar-refractivity contribution < 1.29 is 4.79 Å². The molecule has 0 saturated heterocycles. The van der Waals surface area contributed by atoms with Crippen LogP contribution in [0.5, 0.6) is 0 Å². The predicted octanol–water partition coefficient (Wildman–Crippen LogP) is 1.15. The van der Waals surface area contributed by atoms with Crippen LogP contribution in [0.3, 0.4) is 0 Å². The van der Waals surface area contributed by atoms with Gasteiger partial charge in [0.15, 0.2) is 0 Å². The van der Waals surface area contributed by atoms with Crippen LogP contribution >= 0.6 is 0 Å². The van der Waals surface area contributed by atoms with E-state index in [0.717, 1.165) is 12.8 Å². The van der Waals surface area contributed by atoms with Crippen molar-refractivity contribution in [2.24, 2.45) is 23.5 Å². The maximum absolute atomic E-state index is 10.8. The van der Waals surface area contributed by atoms with Gasteiger partial charge in [0.1, 0.15) is 0 Å². The van der Waals surface area contributed by atoms with Gasteiger partial charge in [-0.1, -0.05) is 13.8 Å². The van der Waals surface area contributed by atoms with Gasteiger partial charge in [0, 0.05) is 5.92 Å². The zero-order valence-corrected chi connectivity index (χ0v) is 6.63. The molecule has 0 aliphatic heterocycles. The summed E-state index contributed by atoms with van der Waals surface area (Å²) in [5, 5.41) is 0. The minimum atomic E-state index is -0.114. The average molecular weight is 141 g/mol. The molecule has 1 aliphatic rings. The molecule has 1 fully saturated rings. The first-order valence-corrected chi connectivity index (χ1v) is 3.92. The summed E-state index contributed by atoms with van der Waals surface area (Å²) in [5.74, 6) is 1.21. The molecule has 10 heavy (non-hydrogen) atoms. The molecule has 1 aliphatic carbocycles. The quantitative estimate of drug-likeness (QED) is 0.585. The summed E-state index contributed by atoms with van der Waals surface area (Å²) in [6.45, 7) is 4.31. The van der Waals surface area contributed by atoms with Gasteiger partial charge in [0.2, 0.25) is 5.91 Å². The van der Waals surface area contributed by atoms with E-state index in [-0.39, 0.29) is 11.8 Å². The van der Waals surface area contributed by atoms with E-state index in [1.165, 1.54) is 0 Å². The summed E-state index contributed by atoms with van der Waals surface area (Å²) < 4.78 is 0. The molecule has 0 heterocycles. The lowest BCUT2D eigenvalue weighted by Crippen LogP contribution is -2.26. The second-order valence-corrected chi connectivity index (χ2v) is 3.42. The zero-order chi connectivity index (χ0) is 7.72. The van der Waals surface area contributed by atoms with Crippen molar-refractivity contribution in [1.82, 2.24) is 0 Å². The molecule has 3 atom stereocenters. The molecule has 0 aromatic heterocycles. The van der Waals surface area contributed by atoms with E-state index in [0.29, 0.717) is 11.8 Å². The van der Waals surface area contributed by atoms with Crippen molar-refractivity contribution in [1.29, 1.82) is 0 Å². The topological polar surface area (TPSA) is 43.1 Å². The Bertz CT molecular complexity index is 144. The largest absolute Gasteiger partial charge is 0.369 e. The Morgan fingerprint density at radius 3 is 2.20 bits per heavy atom. The number of nitrogens with two attached hydrogens (primary N) is 1. The van der Waals surface area contributed by atoms with E-state index >= 15 is 0 Å². The maximum Gasteiger partial charge on any atom is 0.220 e. The number of carbonyl (C=O) groups is 1. The highest BCUT2D eigenvalue weighted by molar-refractivity contribution is 5.77. The molecule has 2 heteroatoms. The molecule has 0 aromatic rings. The number of hydrogen-bond donors (Lipinski definition) is 1. The molecule has 58 valence electrons. The third-order valence-electron chi connectivity index (χ3n) is 2.83. The van der Waals surface area contributed by atoms with Crippen LogP contribution in [0.25, 0.3) is 0 Å². The van der Waals surface area contributed by atoms with Gasteiger partial charge in [-0.05, 0) is 24.7 Å². The fourth-order valence-corrected chi connectivity index (χ4v) is 1.77. The Kier molecular flexibility index (Phi) is 1.97. The fraction of sp³-hybridized carbons (Fsp3) is 0.875. The van der Waals surface area contributed by atoms with Crippen LogP contribution in [0.1, 0.15) is 26.7 Å². The summed E-state index contributed by atoms with van der Waals surface area (Å²) in [7, 11) is 0. The SMILES string of the molecule is C[C@H]1[C@@H](C)CC[C@H]1C(N)=O. The van der Waals surface area contributed by atoms with E-state index in [9.17, 15) is 4.79 Å². The van der Waals surface area contributed by atoms with Gasteiger partial charge in [0.25, 0.3) is 0 Å². The van der Waals surface area contributed by atoms with E-state index in [4.69, 9.17) is 5.73 Å². The Labute approximate surface area is 61.8 Å². The van der Waals surface area contributed by atoms with Gasteiger partial charge in [-0.15, -0.1) is 0 Å². The molecular weight excluding hydrogens is 126 g/mol. The average Bonchev–Trinajstić information content (AvgIpc) is 2.14. The highest BCUT2D eigenvalue weighted by Gasteiger charge is 2.33. The molecular formula is C8H15NO. The van der Waals surface area contributed by atoms with Crippen molar-refractivity contribution in [2.45, 2.75) is 26.7 Å². The van der Waals surface area contributed by atoms with Gasteiger partial charge in [-0.2, -0.15) is 0 Å². The minimum absolute atomic E-state index is 0.114. The summed E-state index contributed by atoms with van der Waals surface area (Å²) >= 11 is 0. The van der Waals surface area contributed by atoms with Crippen LogP contribution in [-0.4, -0.2) is 5.91 Å². The normalized spacial score (nSPS) is 40.0. The number of carbonyl (C=O) groups excluding carboxylic acids is 1. The van der Waals surface area contributed by atoms with Gasteiger partial charge in [-0.25, -0.2) is 0 Å². The first-order valence-electron chi connectivity index (χ1n) is 3.92. The van der Waals surface area contributed by atoms with Gasteiger partial charge in [-0.3, -0.25) is 4.79 Å². The first-order chi connectivity index (χ1) is 4.63. The van der Waals surface area contributed by atoms with Gasteiger partial charge in [0.05, 0.1) is 0 Å². The van der Waals surface area contributed by atoms with Crippen LogP contribution in [0, 0.1) is 17.8 Å². The Morgan fingerprint density at radius 2 is 2.00 bits per heavy atom. The van der Waals surface area contributed by atoms with E-state index < -0.39 is 0 Å². The van der Waals surface area contributed by atoms with Crippen molar-refractivity contribution in [3.05, 3.63) is 0 Å². The number of hydrogen-bond acceptors (Lipinski definition) is 1. The molecule has 0 radical (unpaired) electrons. The van der Waals surface area contributed by atoms with Crippen molar-refractivity contribution >= 4 is 5.91 Å². The third kappa shape index (κ3) is 1.15. The summed E-state index contributed by atoms with van der Waals surface area (Å²) in [6.07, 6.45) is 2.16. The lowest BCUT2D eigenvalue weighted by Gasteiger charge is -2.13. The van der Waals surface area contributed by atoms with Crippen LogP contribution in [0.2, 0.25) is 0 Å². The summed E-state index contributed by atoms with van der Waals surface area (Å²) in [6, 6.07) is 0. The van der Waals surface area contributed by atoms with Crippen LogP contribution in [0.4, 0.5) is 0 Å². The van der Waals surface area contributed by atoms with Crippen molar-refractivity contribution in [2.75, 3.05) is 0 Å². The minimum Gasteiger partial charge on any atom is -0.369 e. The Balaban J connectivity index is 2.57. The van der Waals surface area contributed by atoms with Crippen LogP contribution in [-0.2, 0) is 4.79 Å². The molecule has 2 nitrogen and oxygen atoms in total. The highest BCUT2D eigenvalue weighted by atomic mass is 16.1. The lowest BCUT2D eigenvalue weighted by molar-refractivity contribution is -0.122. The maximum atomic E-state index is 10.8. The number of amides is 1. The molecule has 2 N–H and O–H groups in total. The standard InChI is InChI=1S/C8H15NO/c1-5-3-4-7(6(5)2)8(9)10/h5-7H,3-4H2,1-2H3,(H2,9,10)/t5-,6-,7+/m0/s1. The first kappa shape index (κ1) is 7.58. The molecule has 0 unspecified atom stereocenters. The zero-order valence-electron chi connectivity index (χ0n) is 6.63. The number of rotatable bonds is 1. The van der Waals surface area contributed by atoms with Crippen molar-refractivity contribution in [3.8, 4) is 0 Å². The van der Waals surface area contributed by atoms with E-state index in [2.05, 4.69) is 13.8 Å². The second kappa shape index (κ2) is 2.60. The van der Waals surface area contributed by atoms with E-state index in [1.807, 2.05) is 0 Å². The second-order valence-electron chi connectivity index (χ2n) is 3.42. The van der Waals surface area contributed by atoms with E-state index in [1.54, 1.807) is 0 Å². The summed E-state index contributed by atoms with van der Waals surface area (Å²) in [5.41, 5.74) is 5.21. The molecule has 0 aromatic carbocycles. The Morgan fingerprint density at radius 1 is 1.40 bits per heavy atom. The van der Waals surface area contributed by atoms with Gasteiger partial charge >= 0.3 is 0 Å². The molecule has 0 spiro atoms. The smallest absolute Gasteiger partial charge is 0.220 e. The molecule has 1 saturated carbocycles. The molecule has 1 rings (SSSR count). The predicted molar refractivity (Wildman–Crippen MR) is 40.2 cm³/mol. The van der Waals surface area contributed by atoms with Crippen molar-refractivity contribution in [3.63, 3.8) is 0 Å². The van der Waals surface area contributed by atoms with Crippen LogP contribution in [0.15, 0.2) is 0 Å². The van der Waals surface area contributed by atoms with Crippen LogP contribution < -0.4 is 5.73 Å². The number of primary amides is 1. The van der Waals surface area contributed by atoms with Gasteiger partial charge < -0.3 is 5.73 Å².